The number of aryl methyl sites for hydroxylation is 1. The van der Waals surface area contributed by atoms with Crippen molar-refractivity contribution in [2.45, 2.75) is 64.0 Å². The van der Waals surface area contributed by atoms with Gasteiger partial charge in [-0.05, 0) is 53.5 Å². The molecule has 2 fully saturated rings. The van der Waals surface area contributed by atoms with Gasteiger partial charge in [0.25, 0.3) is 5.56 Å². The van der Waals surface area contributed by atoms with Crippen LogP contribution in [0, 0.1) is 5.92 Å². The van der Waals surface area contributed by atoms with Gasteiger partial charge in [-0.25, -0.2) is 9.78 Å². The van der Waals surface area contributed by atoms with Gasteiger partial charge in [0.05, 0.1) is 0 Å². The highest BCUT2D eigenvalue weighted by molar-refractivity contribution is 5.80. The number of tetrazole rings is 1. The second-order valence-electron chi connectivity index (χ2n) is 11.2. The highest BCUT2D eigenvalue weighted by Crippen LogP contribution is 2.35. The van der Waals surface area contributed by atoms with Crippen molar-refractivity contribution in [1.29, 1.82) is 0 Å². The predicted molar refractivity (Wildman–Crippen MR) is 152 cm³/mol. The lowest BCUT2D eigenvalue weighted by Gasteiger charge is -2.22. The summed E-state index contributed by atoms with van der Waals surface area (Å²) in [6, 6.07) is 16.4. The largest absolute Gasteiger partial charge is 0.332 e. The Kier molecular flexibility index (Phi) is 6.17. The molecule has 40 heavy (non-hydrogen) atoms. The van der Waals surface area contributed by atoms with Crippen LogP contribution < -0.4 is 11.2 Å². The number of hydrogen-bond donors (Lipinski definition) is 1. The molecule has 3 heterocycles. The normalized spacial score (nSPS) is 16.1. The Morgan fingerprint density at radius 1 is 0.900 bits per heavy atom. The topological polar surface area (TPSA) is 116 Å². The van der Waals surface area contributed by atoms with E-state index in [2.05, 4.69) is 49.5 Å². The average Bonchev–Trinajstić information content (AvgIpc) is 3.49. The van der Waals surface area contributed by atoms with Gasteiger partial charge in [0.2, 0.25) is 5.82 Å². The summed E-state index contributed by atoms with van der Waals surface area (Å²) in [6.45, 7) is 1.01. The molecule has 7 rings (SSSR count). The zero-order valence-electron chi connectivity index (χ0n) is 22.6. The van der Waals surface area contributed by atoms with E-state index in [9.17, 15) is 9.59 Å². The smallest absolute Gasteiger partial charge is 0.317 e. The van der Waals surface area contributed by atoms with Gasteiger partial charge in [-0.3, -0.25) is 13.9 Å². The minimum absolute atomic E-state index is 0.217. The van der Waals surface area contributed by atoms with E-state index >= 15 is 0 Å². The first kappa shape index (κ1) is 24.7. The van der Waals surface area contributed by atoms with Crippen LogP contribution in [-0.4, -0.2) is 39.3 Å². The third kappa shape index (κ3) is 4.37. The molecule has 2 saturated carbocycles. The molecule has 0 amide bonds. The molecule has 0 atom stereocenters. The molecule has 1 N–H and O–H groups in total. The van der Waals surface area contributed by atoms with E-state index in [4.69, 9.17) is 4.98 Å². The van der Waals surface area contributed by atoms with Crippen molar-refractivity contribution in [3.8, 4) is 22.5 Å². The minimum atomic E-state index is -0.270. The summed E-state index contributed by atoms with van der Waals surface area (Å²) >= 11 is 0. The molecule has 0 saturated heterocycles. The molecule has 204 valence electrons. The SMILES string of the molecule is Cn1c(=O)n(CC2CC2)c(=O)c2c1nc(C1CCCCC1)n2Cc1ccc(-c2ccccc2-c2nn[nH]n2)cc1. The molecular formula is C30H32N8O2. The Balaban J connectivity index is 1.31. The van der Waals surface area contributed by atoms with Gasteiger partial charge in [-0.2, -0.15) is 5.21 Å². The van der Waals surface area contributed by atoms with Crippen molar-refractivity contribution < 1.29 is 0 Å². The monoisotopic (exact) mass is 536 g/mol. The number of imidazole rings is 1. The van der Waals surface area contributed by atoms with E-state index in [0.717, 1.165) is 66.6 Å². The van der Waals surface area contributed by atoms with Gasteiger partial charge in [-0.1, -0.05) is 67.8 Å². The summed E-state index contributed by atoms with van der Waals surface area (Å²) in [7, 11) is 1.74. The fourth-order valence-electron chi connectivity index (χ4n) is 6.12. The average molecular weight is 537 g/mol. The summed E-state index contributed by atoms with van der Waals surface area (Å²) in [5.74, 6) is 2.18. The summed E-state index contributed by atoms with van der Waals surface area (Å²) < 4.78 is 5.10. The number of aromatic amines is 1. The number of hydrogen-bond acceptors (Lipinski definition) is 6. The van der Waals surface area contributed by atoms with Gasteiger partial charge in [0, 0.05) is 31.6 Å². The molecule has 2 aliphatic carbocycles. The lowest BCUT2D eigenvalue weighted by Crippen LogP contribution is -2.40. The molecule has 2 aromatic carbocycles. The van der Waals surface area contributed by atoms with Gasteiger partial charge in [-0.15, -0.1) is 10.2 Å². The van der Waals surface area contributed by atoms with E-state index < -0.39 is 0 Å². The van der Waals surface area contributed by atoms with Gasteiger partial charge < -0.3 is 4.57 Å². The highest BCUT2D eigenvalue weighted by atomic mass is 16.2. The van der Waals surface area contributed by atoms with Crippen LogP contribution in [-0.2, 0) is 20.1 Å². The third-order valence-corrected chi connectivity index (χ3v) is 8.49. The van der Waals surface area contributed by atoms with E-state index in [1.807, 2.05) is 24.3 Å². The summed E-state index contributed by atoms with van der Waals surface area (Å²) in [5, 5.41) is 14.6. The molecule has 10 nitrogen and oxygen atoms in total. The van der Waals surface area contributed by atoms with Crippen LogP contribution in [0.2, 0.25) is 0 Å². The standard InChI is InChI=1S/C30H32N8O2/c1-36-28-25(29(39)38(30(36)40)18-19-11-12-19)37(27(31-28)22-7-3-2-4-8-22)17-20-13-15-21(16-14-20)23-9-5-6-10-24(23)26-32-34-35-33-26/h5-6,9-10,13-16,19,22H,2-4,7-8,11-12,17-18H2,1H3,(H,32,33,34,35). The Labute approximate surface area is 230 Å². The zero-order chi connectivity index (χ0) is 27.2. The van der Waals surface area contributed by atoms with E-state index in [-0.39, 0.29) is 17.2 Å². The highest BCUT2D eigenvalue weighted by Gasteiger charge is 2.29. The molecule has 0 bridgehead atoms. The second-order valence-corrected chi connectivity index (χ2v) is 11.2. The molecule has 10 heteroatoms. The Morgan fingerprint density at radius 3 is 2.35 bits per heavy atom. The number of H-pyrrole nitrogens is 1. The van der Waals surface area contributed by atoms with Crippen LogP contribution in [0.4, 0.5) is 0 Å². The minimum Gasteiger partial charge on any atom is -0.317 e. The molecular weight excluding hydrogens is 504 g/mol. The Morgan fingerprint density at radius 2 is 1.65 bits per heavy atom. The first-order chi connectivity index (χ1) is 19.6. The van der Waals surface area contributed by atoms with Crippen LogP contribution in [0.15, 0.2) is 58.1 Å². The van der Waals surface area contributed by atoms with Gasteiger partial charge in [0.1, 0.15) is 5.82 Å². The lowest BCUT2D eigenvalue weighted by molar-refractivity contribution is 0.420. The summed E-state index contributed by atoms with van der Waals surface area (Å²) in [6.07, 6.45) is 7.81. The zero-order valence-corrected chi connectivity index (χ0v) is 22.6. The van der Waals surface area contributed by atoms with E-state index in [0.29, 0.717) is 36.0 Å². The summed E-state index contributed by atoms with van der Waals surface area (Å²) in [4.78, 5) is 32.0. The lowest BCUT2D eigenvalue weighted by atomic mass is 9.88. The fraction of sp³-hybridized carbons (Fsp3) is 0.400. The Hall–Kier alpha value is -4.34. The van der Waals surface area contributed by atoms with E-state index in [1.165, 1.54) is 11.0 Å². The maximum absolute atomic E-state index is 13.8. The van der Waals surface area contributed by atoms with Crippen LogP contribution in [0.3, 0.4) is 0 Å². The van der Waals surface area contributed by atoms with Crippen molar-refractivity contribution >= 4 is 11.2 Å². The van der Waals surface area contributed by atoms with Crippen LogP contribution in [0.1, 0.15) is 62.3 Å². The number of benzene rings is 2. The maximum atomic E-state index is 13.8. The number of fused-ring (bicyclic) bond motifs is 1. The van der Waals surface area contributed by atoms with Crippen molar-refractivity contribution in [3.63, 3.8) is 0 Å². The Bertz CT molecular complexity index is 1790. The molecule has 5 aromatic rings. The number of aromatic nitrogens is 8. The number of rotatable bonds is 7. The van der Waals surface area contributed by atoms with Crippen LogP contribution in [0.5, 0.6) is 0 Å². The van der Waals surface area contributed by atoms with Gasteiger partial charge >= 0.3 is 5.69 Å². The number of nitrogens with zero attached hydrogens (tertiary/aromatic N) is 7. The molecule has 3 aromatic heterocycles. The first-order valence-corrected chi connectivity index (χ1v) is 14.2. The molecule has 0 radical (unpaired) electrons. The van der Waals surface area contributed by atoms with Crippen molar-refractivity contribution in [2.75, 3.05) is 0 Å². The predicted octanol–water partition coefficient (Wildman–Crippen LogP) is 4.25. The first-order valence-electron chi connectivity index (χ1n) is 14.2. The van der Waals surface area contributed by atoms with Crippen LogP contribution >= 0.6 is 0 Å². The second kappa shape index (κ2) is 10.0. The molecule has 0 unspecified atom stereocenters. The molecule has 0 spiro atoms. The molecule has 2 aliphatic rings. The third-order valence-electron chi connectivity index (χ3n) is 8.49. The van der Waals surface area contributed by atoms with Crippen LogP contribution in [0.25, 0.3) is 33.7 Å². The van der Waals surface area contributed by atoms with Crippen molar-refractivity contribution in [1.82, 2.24) is 39.3 Å². The van der Waals surface area contributed by atoms with Crippen molar-refractivity contribution in [2.24, 2.45) is 13.0 Å². The van der Waals surface area contributed by atoms with E-state index in [1.54, 1.807) is 11.6 Å². The fourth-order valence-corrected chi connectivity index (χ4v) is 6.12. The maximum Gasteiger partial charge on any atom is 0.332 e. The van der Waals surface area contributed by atoms with Crippen molar-refractivity contribution in [3.05, 3.63) is 80.8 Å². The molecule has 0 aliphatic heterocycles. The quantitative estimate of drug-likeness (QED) is 0.332. The number of nitrogens with one attached hydrogen (secondary N) is 1. The summed E-state index contributed by atoms with van der Waals surface area (Å²) in [5.41, 5.74) is 4.58. The van der Waals surface area contributed by atoms with Gasteiger partial charge in [0.15, 0.2) is 11.2 Å².